The minimum Gasteiger partial charge on any atom is -0.507 e. The molecule has 160 valence electrons. The predicted octanol–water partition coefficient (Wildman–Crippen LogP) is 5.39. The van der Waals surface area contributed by atoms with Crippen LogP contribution in [0.4, 0.5) is 5.13 Å². The Morgan fingerprint density at radius 2 is 1.91 bits per heavy atom. The van der Waals surface area contributed by atoms with E-state index < -0.39 is 17.7 Å². The van der Waals surface area contributed by atoms with Crippen molar-refractivity contribution >= 4 is 44.1 Å². The fourth-order valence-electron chi connectivity index (χ4n) is 3.93. The van der Waals surface area contributed by atoms with Crippen LogP contribution in [0.5, 0.6) is 0 Å². The lowest BCUT2D eigenvalue weighted by Gasteiger charge is -2.20. The van der Waals surface area contributed by atoms with E-state index in [2.05, 4.69) is 11.9 Å². The highest BCUT2D eigenvalue weighted by Crippen LogP contribution is 2.44. The second-order valence-electron chi connectivity index (χ2n) is 7.64. The highest BCUT2D eigenvalue weighted by molar-refractivity contribution is 7.22. The van der Waals surface area contributed by atoms with Gasteiger partial charge in [-0.3, -0.25) is 14.5 Å². The predicted molar refractivity (Wildman–Crippen MR) is 124 cm³/mol. The number of rotatable bonds is 4. The van der Waals surface area contributed by atoms with Crippen molar-refractivity contribution in [2.24, 2.45) is 0 Å². The molecule has 1 aliphatic rings. The zero-order chi connectivity index (χ0) is 22.4. The summed E-state index contributed by atoms with van der Waals surface area (Å²) in [5, 5.41) is 11.4. The van der Waals surface area contributed by atoms with Crippen LogP contribution in [0, 0.1) is 6.92 Å². The molecule has 1 fully saturated rings. The van der Waals surface area contributed by atoms with E-state index in [9.17, 15) is 14.7 Å². The lowest BCUT2D eigenvalue weighted by molar-refractivity contribution is -0.132. The molecule has 7 heteroatoms. The summed E-state index contributed by atoms with van der Waals surface area (Å²) in [5.74, 6) is -0.704. The van der Waals surface area contributed by atoms with E-state index >= 15 is 0 Å². The smallest absolute Gasteiger partial charge is 0.302 e. The quantitative estimate of drug-likeness (QED) is 0.259. The third kappa shape index (κ3) is 3.22. The van der Waals surface area contributed by atoms with E-state index in [1.54, 1.807) is 43.3 Å². The molecule has 0 aliphatic carbocycles. The average Bonchev–Trinajstić information content (AvgIpc) is 3.49. The number of carbonyl (C=O) groups is 2. The maximum atomic E-state index is 13.2. The summed E-state index contributed by atoms with van der Waals surface area (Å²) in [5.41, 5.74) is 2.36. The number of hydrogen-bond donors (Lipinski definition) is 1. The Hall–Kier alpha value is -3.71. The van der Waals surface area contributed by atoms with Crippen LogP contribution in [-0.4, -0.2) is 21.8 Å². The Balaban J connectivity index is 1.71. The molecule has 1 amide bonds. The molecular formula is C25H20N2O4S. The van der Waals surface area contributed by atoms with Gasteiger partial charge >= 0.3 is 5.91 Å². The molecule has 1 N–H and O–H groups in total. The fraction of sp³-hybridized carbons (Fsp3) is 0.160. The molecule has 5 rings (SSSR count). The largest absolute Gasteiger partial charge is 0.507 e. The zero-order valence-corrected chi connectivity index (χ0v) is 18.3. The zero-order valence-electron chi connectivity index (χ0n) is 17.5. The monoisotopic (exact) mass is 444 g/mol. The third-order valence-corrected chi connectivity index (χ3v) is 6.60. The van der Waals surface area contributed by atoms with Gasteiger partial charge in [0, 0.05) is 5.56 Å². The Morgan fingerprint density at radius 1 is 1.12 bits per heavy atom. The summed E-state index contributed by atoms with van der Waals surface area (Å²) in [6.07, 6.45) is 0.885. The summed E-state index contributed by atoms with van der Waals surface area (Å²) in [6, 6.07) is 17.3. The maximum absolute atomic E-state index is 13.2. The van der Waals surface area contributed by atoms with Crippen LogP contribution < -0.4 is 4.90 Å². The van der Waals surface area contributed by atoms with Gasteiger partial charge < -0.3 is 9.52 Å². The number of aliphatic hydroxyl groups is 1. The van der Waals surface area contributed by atoms with Crippen LogP contribution >= 0.6 is 11.3 Å². The molecule has 1 aliphatic heterocycles. The van der Waals surface area contributed by atoms with Crippen molar-refractivity contribution in [1.82, 2.24) is 4.98 Å². The van der Waals surface area contributed by atoms with Gasteiger partial charge in [0.2, 0.25) is 0 Å². The number of carbonyl (C=O) groups excluding carboxylic acids is 2. The Labute approximate surface area is 188 Å². The molecule has 0 unspecified atom stereocenters. The normalized spacial score (nSPS) is 18.1. The molecule has 2 aromatic carbocycles. The average molecular weight is 445 g/mol. The molecule has 1 atom stereocenters. The van der Waals surface area contributed by atoms with Gasteiger partial charge in [-0.2, -0.15) is 0 Å². The van der Waals surface area contributed by atoms with E-state index in [-0.39, 0.29) is 11.3 Å². The molecule has 0 bridgehead atoms. The number of anilines is 1. The number of hydrogen-bond acceptors (Lipinski definition) is 6. The van der Waals surface area contributed by atoms with Gasteiger partial charge in [-0.25, -0.2) is 4.98 Å². The summed E-state index contributed by atoms with van der Waals surface area (Å²) in [6.45, 7) is 3.86. The molecule has 6 nitrogen and oxygen atoms in total. The van der Waals surface area contributed by atoms with Crippen LogP contribution in [0.3, 0.4) is 0 Å². The first-order valence-electron chi connectivity index (χ1n) is 10.3. The van der Waals surface area contributed by atoms with Crippen LogP contribution in [-0.2, 0) is 16.0 Å². The van der Waals surface area contributed by atoms with Crippen molar-refractivity contribution in [1.29, 1.82) is 0 Å². The number of fused-ring (bicyclic) bond motifs is 1. The second kappa shape index (κ2) is 7.76. The maximum Gasteiger partial charge on any atom is 0.302 e. The topological polar surface area (TPSA) is 83.6 Å². The van der Waals surface area contributed by atoms with E-state index in [1.165, 1.54) is 16.2 Å². The molecule has 32 heavy (non-hydrogen) atoms. The highest BCUT2D eigenvalue weighted by atomic mass is 32.1. The number of thiazole rings is 1. The van der Waals surface area contributed by atoms with Crippen LogP contribution in [0.25, 0.3) is 16.0 Å². The van der Waals surface area contributed by atoms with Gasteiger partial charge in [-0.1, -0.05) is 54.7 Å². The van der Waals surface area contributed by atoms with Crippen molar-refractivity contribution in [3.63, 3.8) is 0 Å². The number of nitrogens with zero attached hydrogens (tertiary/aromatic N) is 2. The van der Waals surface area contributed by atoms with Crippen molar-refractivity contribution in [2.45, 2.75) is 26.3 Å². The summed E-state index contributed by atoms with van der Waals surface area (Å²) < 4.78 is 6.76. The number of ketones is 1. The van der Waals surface area contributed by atoms with Crippen molar-refractivity contribution < 1.29 is 19.1 Å². The molecule has 1 saturated heterocycles. The first-order chi connectivity index (χ1) is 15.5. The van der Waals surface area contributed by atoms with Gasteiger partial charge in [0.05, 0.1) is 15.8 Å². The fourth-order valence-corrected chi connectivity index (χ4v) is 4.99. The number of amides is 1. The Bertz CT molecular complexity index is 1380. The number of aliphatic hydroxyl groups excluding tert-OH is 1. The van der Waals surface area contributed by atoms with Crippen LogP contribution in [0.1, 0.15) is 35.6 Å². The molecule has 0 radical (unpaired) electrons. The van der Waals surface area contributed by atoms with E-state index in [0.717, 1.165) is 22.2 Å². The van der Waals surface area contributed by atoms with E-state index in [0.29, 0.717) is 22.2 Å². The van der Waals surface area contributed by atoms with Gasteiger partial charge in [0.25, 0.3) is 5.78 Å². The first kappa shape index (κ1) is 20.2. The summed E-state index contributed by atoms with van der Waals surface area (Å²) in [7, 11) is 0. The Kier molecular flexibility index (Phi) is 4.90. The third-order valence-electron chi connectivity index (χ3n) is 5.58. The van der Waals surface area contributed by atoms with E-state index in [1.807, 2.05) is 24.3 Å². The van der Waals surface area contributed by atoms with Crippen LogP contribution in [0.15, 0.2) is 70.7 Å². The number of aromatic nitrogens is 1. The number of furan rings is 1. The van der Waals surface area contributed by atoms with Crippen molar-refractivity contribution in [3.05, 3.63) is 88.9 Å². The number of Topliss-reactive ketones (excluding diaryl/α,β-unsaturated/α-hetero) is 1. The molecule has 4 aromatic rings. The summed E-state index contributed by atoms with van der Waals surface area (Å²) in [4.78, 5) is 32.3. The molecule has 0 saturated carbocycles. The van der Waals surface area contributed by atoms with Gasteiger partial charge in [0.15, 0.2) is 5.13 Å². The second-order valence-corrected chi connectivity index (χ2v) is 8.64. The molecule has 0 spiro atoms. The minimum atomic E-state index is -0.907. The van der Waals surface area contributed by atoms with Crippen molar-refractivity contribution in [3.8, 4) is 0 Å². The lowest BCUT2D eigenvalue weighted by atomic mass is 9.99. The molecule has 2 aromatic heterocycles. The summed E-state index contributed by atoms with van der Waals surface area (Å²) >= 11 is 1.34. The van der Waals surface area contributed by atoms with E-state index in [4.69, 9.17) is 4.42 Å². The first-order valence-corrected chi connectivity index (χ1v) is 11.1. The van der Waals surface area contributed by atoms with Gasteiger partial charge in [-0.05, 0) is 43.2 Å². The standard InChI is InChI=1S/C25H20N2O4S/c1-3-15-10-11-17-19(13-15)32-25(26-17)27-21(18-12-9-14(2)31-18)20(23(29)24(27)30)22(28)16-7-5-4-6-8-16/h4-13,21,28H,3H2,1-2H3/t21-/m1/s1. The lowest BCUT2D eigenvalue weighted by Crippen LogP contribution is -2.29. The number of aryl methyl sites for hydroxylation is 2. The minimum absolute atomic E-state index is 0.0101. The highest BCUT2D eigenvalue weighted by Gasteiger charge is 2.49. The van der Waals surface area contributed by atoms with Gasteiger partial charge in [-0.15, -0.1) is 0 Å². The Morgan fingerprint density at radius 3 is 2.59 bits per heavy atom. The SMILES string of the molecule is CCc1ccc2nc(N3C(=O)C(=O)C(=C(O)c4ccccc4)[C@H]3c3ccc(C)o3)sc2c1. The van der Waals surface area contributed by atoms with Crippen molar-refractivity contribution in [2.75, 3.05) is 4.90 Å². The van der Waals surface area contributed by atoms with Crippen LogP contribution in [0.2, 0.25) is 0 Å². The number of benzene rings is 2. The molecule has 3 heterocycles. The molecular weight excluding hydrogens is 424 g/mol. The van der Waals surface area contributed by atoms with Gasteiger partial charge in [0.1, 0.15) is 23.3 Å².